The van der Waals surface area contributed by atoms with Gasteiger partial charge in [0.2, 0.25) is 0 Å². The third-order valence-electron chi connectivity index (χ3n) is 5.76. The molecule has 0 bridgehead atoms. The van der Waals surface area contributed by atoms with Gasteiger partial charge in [0.05, 0.1) is 5.56 Å². The summed E-state index contributed by atoms with van der Waals surface area (Å²) in [6.07, 6.45) is 8.39. The van der Waals surface area contributed by atoms with Gasteiger partial charge in [-0.2, -0.15) is 5.26 Å². The van der Waals surface area contributed by atoms with Gasteiger partial charge in [-0.25, -0.2) is 4.99 Å². The molecule has 0 spiro atoms. The van der Waals surface area contributed by atoms with Gasteiger partial charge in [-0.1, -0.05) is 47.5 Å². The molecule has 6 heteroatoms. The van der Waals surface area contributed by atoms with Crippen molar-refractivity contribution in [1.29, 1.82) is 5.26 Å². The highest BCUT2D eigenvalue weighted by atomic mass is 35.5. The predicted molar refractivity (Wildman–Crippen MR) is 130 cm³/mol. The number of fused-ring (bicyclic) bond motifs is 2. The molecule has 0 amide bonds. The number of hydrogen-bond donors (Lipinski definition) is 0. The summed E-state index contributed by atoms with van der Waals surface area (Å²) in [5, 5.41) is 12.9. The molecule has 0 N–H and O–H groups in total. The third-order valence-corrected chi connectivity index (χ3v) is 7.55. The van der Waals surface area contributed by atoms with Crippen molar-refractivity contribution < 1.29 is 0 Å². The molecule has 0 saturated carbocycles. The molecule has 4 aromatic rings. The Hall–Kier alpha value is -2.58. The monoisotopic (exact) mass is 463 g/mol. The molecule has 0 unspecified atom stereocenters. The van der Waals surface area contributed by atoms with Crippen LogP contribution in [-0.4, -0.2) is 10.8 Å². The number of rotatable bonds is 4. The summed E-state index contributed by atoms with van der Waals surface area (Å²) in [6.45, 7) is 0.640. The molecule has 0 saturated heterocycles. The second-order valence-corrected chi connectivity index (χ2v) is 9.65. The van der Waals surface area contributed by atoms with Crippen LogP contribution in [0.5, 0.6) is 0 Å². The van der Waals surface area contributed by atoms with E-state index in [9.17, 15) is 5.26 Å². The van der Waals surface area contributed by atoms with Gasteiger partial charge in [0.15, 0.2) is 0 Å². The van der Waals surface area contributed by atoms with Crippen LogP contribution in [0.1, 0.15) is 40.0 Å². The Morgan fingerprint density at radius 2 is 1.97 bits per heavy atom. The Morgan fingerprint density at radius 3 is 2.81 bits per heavy atom. The Morgan fingerprint density at radius 1 is 1.13 bits per heavy atom. The summed E-state index contributed by atoms with van der Waals surface area (Å²) in [6, 6.07) is 16.2. The maximum Gasteiger partial charge on any atom is 0.134 e. The van der Waals surface area contributed by atoms with E-state index < -0.39 is 0 Å². The number of benzene rings is 2. The van der Waals surface area contributed by atoms with E-state index in [1.54, 1.807) is 17.4 Å². The van der Waals surface area contributed by atoms with Crippen molar-refractivity contribution in [3.63, 3.8) is 0 Å². The smallest absolute Gasteiger partial charge is 0.134 e. The van der Waals surface area contributed by atoms with Gasteiger partial charge < -0.3 is 4.57 Å². The van der Waals surface area contributed by atoms with Crippen molar-refractivity contribution in [2.24, 2.45) is 4.99 Å². The molecule has 0 atom stereocenters. The quantitative estimate of drug-likeness (QED) is 0.287. The molecule has 2 aromatic carbocycles. The van der Waals surface area contributed by atoms with E-state index in [1.807, 2.05) is 30.5 Å². The first-order valence-electron chi connectivity index (χ1n) is 10.2. The molecule has 3 nitrogen and oxygen atoms in total. The highest BCUT2D eigenvalue weighted by Crippen LogP contribution is 2.39. The average Bonchev–Trinajstić information content (AvgIpc) is 3.32. The molecule has 154 valence electrons. The number of thiophene rings is 1. The number of aryl methyl sites for hydroxylation is 1. The molecular formula is C25H19Cl2N3S. The maximum absolute atomic E-state index is 9.70. The number of nitriles is 1. The van der Waals surface area contributed by atoms with Crippen LogP contribution in [0.4, 0.5) is 5.00 Å². The SMILES string of the molecule is N#Cc1c(N=Cc2cn(Cc3ccc(Cl)cc3Cl)c3ccccc23)sc2c1CCCC2. The van der Waals surface area contributed by atoms with Crippen LogP contribution >= 0.6 is 34.5 Å². The lowest BCUT2D eigenvalue weighted by Crippen LogP contribution is -1.99. The number of hydrogen-bond acceptors (Lipinski definition) is 3. The maximum atomic E-state index is 9.70. The fourth-order valence-electron chi connectivity index (χ4n) is 4.23. The molecule has 5 rings (SSSR count). The van der Waals surface area contributed by atoms with E-state index in [2.05, 4.69) is 29.0 Å². The molecule has 31 heavy (non-hydrogen) atoms. The van der Waals surface area contributed by atoms with E-state index >= 15 is 0 Å². The third kappa shape index (κ3) is 3.90. The van der Waals surface area contributed by atoms with Crippen LogP contribution in [0.15, 0.2) is 53.7 Å². The van der Waals surface area contributed by atoms with Gasteiger partial charge in [0, 0.05) is 50.3 Å². The zero-order valence-corrected chi connectivity index (χ0v) is 19.1. The minimum atomic E-state index is 0.630. The predicted octanol–water partition coefficient (Wildman–Crippen LogP) is 7.56. The van der Waals surface area contributed by atoms with Crippen molar-refractivity contribution in [2.45, 2.75) is 32.2 Å². The molecule has 0 fully saturated rings. The van der Waals surface area contributed by atoms with Crippen LogP contribution < -0.4 is 0 Å². The van der Waals surface area contributed by atoms with Gasteiger partial charge in [0.25, 0.3) is 0 Å². The topological polar surface area (TPSA) is 41.1 Å². The second kappa shape index (κ2) is 8.51. The minimum Gasteiger partial charge on any atom is -0.342 e. The Labute approximate surface area is 195 Å². The molecule has 1 aliphatic rings. The Kier molecular flexibility index (Phi) is 5.58. The second-order valence-electron chi connectivity index (χ2n) is 7.73. The summed E-state index contributed by atoms with van der Waals surface area (Å²) in [7, 11) is 0. The summed E-state index contributed by atoms with van der Waals surface area (Å²) < 4.78 is 2.18. The highest BCUT2D eigenvalue weighted by molar-refractivity contribution is 7.16. The van der Waals surface area contributed by atoms with E-state index in [-0.39, 0.29) is 0 Å². The number of para-hydroxylation sites is 1. The molecule has 1 aliphatic carbocycles. The standard InChI is InChI=1S/C25H19Cl2N3S/c26-18-10-9-16(22(27)11-18)14-30-15-17(19-5-1-3-7-23(19)30)13-29-25-21(12-28)20-6-2-4-8-24(20)31-25/h1,3,5,7,9-11,13,15H,2,4,6,8,14H2. The fourth-order valence-corrected chi connectivity index (χ4v) is 5.88. The van der Waals surface area contributed by atoms with E-state index in [0.717, 1.165) is 51.9 Å². The van der Waals surface area contributed by atoms with Gasteiger partial charge in [-0.05, 0) is 55.0 Å². The van der Waals surface area contributed by atoms with Gasteiger partial charge in [0.1, 0.15) is 11.1 Å². The fraction of sp³-hybridized carbons (Fsp3) is 0.200. The normalized spacial score (nSPS) is 13.6. The summed E-state index contributed by atoms with van der Waals surface area (Å²) in [5.74, 6) is 0. The number of aliphatic imine (C=N–C) groups is 1. The van der Waals surface area contributed by atoms with Crippen LogP contribution in [-0.2, 0) is 19.4 Å². The summed E-state index contributed by atoms with van der Waals surface area (Å²) in [5.41, 5.74) is 5.11. The van der Waals surface area contributed by atoms with Gasteiger partial charge in [-0.3, -0.25) is 0 Å². The lowest BCUT2D eigenvalue weighted by atomic mass is 9.96. The largest absolute Gasteiger partial charge is 0.342 e. The minimum absolute atomic E-state index is 0.630. The lowest BCUT2D eigenvalue weighted by molar-refractivity contribution is 0.696. The van der Waals surface area contributed by atoms with Crippen molar-refractivity contribution in [3.05, 3.63) is 85.8 Å². The van der Waals surface area contributed by atoms with Crippen molar-refractivity contribution in [1.82, 2.24) is 4.57 Å². The van der Waals surface area contributed by atoms with E-state index in [1.165, 1.54) is 16.9 Å². The van der Waals surface area contributed by atoms with Crippen LogP contribution in [0, 0.1) is 11.3 Å². The van der Waals surface area contributed by atoms with Gasteiger partial charge in [-0.15, -0.1) is 11.3 Å². The van der Waals surface area contributed by atoms with E-state index in [0.29, 0.717) is 16.6 Å². The first kappa shape index (κ1) is 20.3. The van der Waals surface area contributed by atoms with Crippen LogP contribution in [0.25, 0.3) is 10.9 Å². The van der Waals surface area contributed by atoms with Crippen LogP contribution in [0.2, 0.25) is 10.0 Å². The number of nitrogens with zero attached hydrogens (tertiary/aromatic N) is 3. The van der Waals surface area contributed by atoms with Gasteiger partial charge >= 0.3 is 0 Å². The average molecular weight is 464 g/mol. The first-order chi connectivity index (χ1) is 15.1. The highest BCUT2D eigenvalue weighted by Gasteiger charge is 2.20. The van der Waals surface area contributed by atoms with E-state index in [4.69, 9.17) is 28.2 Å². The number of aromatic nitrogens is 1. The summed E-state index contributed by atoms with van der Waals surface area (Å²) >= 11 is 14.1. The molecular weight excluding hydrogens is 445 g/mol. The molecule has 0 aliphatic heterocycles. The molecule has 2 aromatic heterocycles. The van der Waals surface area contributed by atoms with Crippen molar-refractivity contribution in [3.8, 4) is 6.07 Å². The number of halogens is 2. The zero-order valence-electron chi connectivity index (χ0n) is 16.7. The zero-order chi connectivity index (χ0) is 21.4. The lowest BCUT2D eigenvalue weighted by Gasteiger charge is -2.09. The molecule has 2 heterocycles. The van der Waals surface area contributed by atoms with Crippen molar-refractivity contribution >= 4 is 56.7 Å². The Balaban J connectivity index is 1.53. The van der Waals surface area contributed by atoms with Crippen LogP contribution in [0.3, 0.4) is 0 Å². The molecule has 0 radical (unpaired) electrons. The van der Waals surface area contributed by atoms with Crippen molar-refractivity contribution in [2.75, 3.05) is 0 Å². The Bertz CT molecular complexity index is 1360. The first-order valence-corrected chi connectivity index (χ1v) is 11.8. The summed E-state index contributed by atoms with van der Waals surface area (Å²) in [4.78, 5) is 6.09.